The van der Waals surface area contributed by atoms with Crippen LogP contribution in [0, 0.1) is 0 Å². The Balaban J connectivity index is 2.08. The number of hydrogen-bond donors (Lipinski definition) is 4. The molecule has 2 rings (SSSR count). The van der Waals surface area contributed by atoms with E-state index in [9.17, 15) is 4.79 Å². The summed E-state index contributed by atoms with van der Waals surface area (Å²) >= 11 is 0. The summed E-state index contributed by atoms with van der Waals surface area (Å²) in [4.78, 5) is 12.1. The van der Waals surface area contributed by atoms with Gasteiger partial charge in [0.25, 0.3) is 5.91 Å². The topological polar surface area (TPSA) is 132 Å². The molecule has 0 aliphatic heterocycles. The molecule has 7 nitrogen and oxygen atoms in total. The van der Waals surface area contributed by atoms with E-state index < -0.39 is 0 Å². The first-order valence-corrected chi connectivity index (χ1v) is 6.86. The lowest BCUT2D eigenvalue weighted by Crippen LogP contribution is -2.22. The average molecular weight is 310 g/mol. The minimum Gasteiger partial charge on any atom is -0.399 e. The van der Waals surface area contributed by atoms with Gasteiger partial charge >= 0.3 is 0 Å². The highest BCUT2D eigenvalue weighted by Gasteiger charge is 2.06. The minimum absolute atomic E-state index is 0.100. The predicted molar refractivity (Wildman–Crippen MR) is 93.3 cm³/mol. The molecule has 0 spiro atoms. The zero-order valence-electron chi connectivity index (χ0n) is 12.7. The van der Waals surface area contributed by atoms with Gasteiger partial charge in [0.2, 0.25) is 5.96 Å². The fraction of sp³-hybridized carbons (Fsp3) is 0.0625. The first-order chi connectivity index (χ1) is 11.0. The van der Waals surface area contributed by atoms with Gasteiger partial charge in [0, 0.05) is 16.9 Å². The summed E-state index contributed by atoms with van der Waals surface area (Å²) in [6.07, 6.45) is 0. The molecule has 118 valence electrons. The molecule has 7 N–H and O–H groups in total. The number of carbonyl (C=O) groups excluding carboxylic acids is 1. The summed E-state index contributed by atoms with van der Waals surface area (Å²) in [5, 5.41) is 10.3. The summed E-state index contributed by atoms with van der Waals surface area (Å²) in [7, 11) is 0. The Morgan fingerprint density at radius 1 is 0.913 bits per heavy atom. The van der Waals surface area contributed by atoms with Crippen LogP contribution in [-0.2, 0) is 0 Å². The van der Waals surface area contributed by atoms with Gasteiger partial charge < -0.3 is 22.5 Å². The number of carbonyl (C=O) groups is 1. The quantitative estimate of drug-likeness (QED) is 0.295. The Kier molecular flexibility index (Phi) is 4.93. The molecule has 0 bridgehead atoms. The summed E-state index contributed by atoms with van der Waals surface area (Å²) in [5.41, 5.74) is 19.4. The van der Waals surface area contributed by atoms with Crippen LogP contribution in [0.5, 0.6) is 0 Å². The molecule has 0 radical (unpaired) electrons. The van der Waals surface area contributed by atoms with Crippen molar-refractivity contribution in [2.45, 2.75) is 6.92 Å². The Morgan fingerprint density at radius 3 is 2.04 bits per heavy atom. The number of hydrogen-bond acceptors (Lipinski definition) is 4. The van der Waals surface area contributed by atoms with Crippen molar-refractivity contribution >= 4 is 29.0 Å². The van der Waals surface area contributed by atoms with Gasteiger partial charge in [-0.05, 0) is 48.9 Å². The molecule has 0 heterocycles. The molecule has 2 aromatic carbocycles. The van der Waals surface area contributed by atoms with Crippen molar-refractivity contribution in [2.24, 2.45) is 21.7 Å². The van der Waals surface area contributed by atoms with Gasteiger partial charge in [-0.2, -0.15) is 5.10 Å². The third kappa shape index (κ3) is 4.57. The second kappa shape index (κ2) is 7.08. The number of benzene rings is 2. The highest BCUT2D eigenvalue weighted by molar-refractivity contribution is 6.05. The molecule has 0 saturated heterocycles. The van der Waals surface area contributed by atoms with E-state index in [0.29, 0.717) is 22.6 Å². The molecule has 0 aromatic heterocycles. The summed E-state index contributed by atoms with van der Waals surface area (Å²) in [5.74, 6) is -0.305. The van der Waals surface area contributed by atoms with Crippen LogP contribution in [-0.4, -0.2) is 17.6 Å². The fourth-order valence-corrected chi connectivity index (χ4v) is 1.82. The van der Waals surface area contributed by atoms with Crippen LogP contribution < -0.4 is 22.5 Å². The van der Waals surface area contributed by atoms with Crippen molar-refractivity contribution in [1.82, 2.24) is 0 Å². The number of nitrogens with one attached hydrogen (secondary N) is 1. The van der Waals surface area contributed by atoms with Gasteiger partial charge in [-0.15, -0.1) is 5.10 Å². The number of anilines is 2. The van der Waals surface area contributed by atoms with Gasteiger partial charge in [0.05, 0.1) is 5.71 Å². The Hall–Kier alpha value is -3.35. The maximum absolute atomic E-state index is 12.1. The molecule has 0 aliphatic rings. The SMILES string of the molecule is C/C(=N\N=C(N)N)c1ccc(NC(=O)c2ccc(N)cc2)cc1. The van der Waals surface area contributed by atoms with Crippen LogP contribution in [0.1, 0.15) is 22.8 Å². The van der Waals surface area contributed by atoms with Crippen molar-refractivity contribution < 1.29 is 4.79 Å². The lowest BCUT2D eigenvalue weighted by Gasteiger charge is -2.06. The van der Waals surface area contributed by atoms with E-state index in [1.165, 1.54) is 0 Å². The molecule has 0 unspecified atom stereocenters. The number of nitrogens with zero attached hydrogens (tertiary/aromatic N) is 2. The van der Waals surface area contributed by atoms with Gasteiger partial charge in [-0.1, -0.05) is 12.1 Å². The van der Waals surface area contributed by atoms with E-state index in [2.05, 4.69) is 15.5 Å². The van der Waals surface area contributed by atoms with Crippen LogP contribution in [0.15, 0.2) is 58.7 Å². The highest BCUT2D eigenvalue weighted by atomic mass is 16.1. The van der Waals surface area contributed by atoms with E-state index in [1.807, 2.05) is 12.1 Å². The van der Waals surface area contributed by atoms with Crippen LogP contribution in [0.2, 0.25) is 0 Å². The zero-order valence-corrected chi connectivity index (χ0v) is 12.7. The zero-order chi connectivity index (χ0) is 16.8. The molecular weight excluding hydrogens is 292 g/mol. The molecule has 7 heteroatoms. The number of nitrogens with two attached hydrogens (primary N) is 3. The van der Waals surface area contributed by atoms with E-state index in [0.717, 1.165) is 5.56 Å². The predicted octanol–water partition coefficient (Wildman–Crippen LogP) is 1.52. The van der Waals surface area contributed by atoms with Crippen molar-refractivity contribution in [1.29, 1.82) is 0 Å². The number of amides is 1. The number of rotatable bonds is 4. The summed E-state index contributed by atoms with van der Waals surface area (Å²) in [6, 6.07) is 13.9. The molecule has 0 fully saturated rings. The Labute approximate surface area is 133 Å². The van der Waals surface area contributed by atoms with E-state index in [1.54, 1.807) is 43.3 Å². The van der Waals surface area contributed by atoms with Crippen LogP contribution in [0.25, 0.3) is 0 Å². The monoisotopic (exact) mass is 310 g/mol. The second-order valence-electron chi connectivity index (χ2n) is 4.86. The Bertz CT molecular complexity index is 743. The fourth-order valence-electron chi connectivity index (χ4n) is 1.82. The van der Waals surface area contributed by atoms with E-state index in [-0.39, 0.29) is 11.9 Å². The second-order valence-corrected chi connectivity index (χ2v) is 4.86. The van der Waals surface area contributed by atoms with Crippen molar-refractivity contribution in [3.05, 3.63) is 59.7 Å². The molecule has 0 aliphatic carbocycles. The van der Waals surface area contributed by atoms with E-state index in [4.69, 9.17) is 17.2 Å². The highest BCUT2D eigenvalue weighted by Crippen LogP contribution is 2.13. The number of nitrogen functional groups attached to an aromatic ring is 1. The molecule has 0 atom stereocenters. The largest absolute Gasteiger partial charge is 0.399 e. The first-order valence-electron chi connectivity index (χ1n) is 6.86. The van der Waals surface area contributed by atoms with Gasteiger partial charge in [-0.3, -0.25) is 4.79 Å². The lowest BCUT2D eigenvalue weighted by molar-refractivity contribution is 0.102. The van der Waals surface area contributed by atoms with Crippen LogP contribution in [0.3, 0.4) is 0 Å². The number of guanidine groups is 1. The smallest absolute Gasteiger partial charge is 0.255 e. The molecule has 2 aromatic rings. The van der Waals surface area contributed by atoms with Crippen molar-refractivity contribution in [2.75, 3.05) is 11.1 Å². The van der Waals surface area contributed by atoms with Crippen LogP contribution >= 0.6 is 0 Å². The standard InChI is InChI=1S/C16H18N6O/c1-10(21-22-16(18)19)11-4-8-14(9-5-11)20-15(23)12-2-6-13(17)7-3-12/h2-9H,17H2,1H3,(H,20,23)(H4,18,19,22)/b21-10+. The van der Waals surface area contributed by atoms with Gasteiger partial charge in [0.15, 0.2) is 0 Å². The van der Waals surface area contributed by atoms with E-state index >= 15 is 0 Å². The Morgan fingerprint density at radius 2 is 1.48 bits per heavy atom. The van der Waals surface area contributed by atoms with Gasteiger partial charge in [0.1, 0.15) is 0 Å². The molecular formula is C16H18N6O. The average Bonchev–Trinajstić information content (AvgIpc) is 2.54. The third-order valence-electron chi connectivity index (χ3n) is 3.05. The molecule has 1 amide bonds. The maximum Gasteiger partial charge on any atom is 0.255 e. The summed E-state index contributed by atoms with van der Waals surface area (Å²) < 4.78 is 0. The van der Waals surface area contributed by atoms with Crippen LogP contribution in [0.4, 0.5) is 11.4 Å². The van der Waals surface area contributed by atoms with Gasteiger partial charge in [-0.25, -0.2) is 0 Å². The van der Waals surface area contributed by atoms with Crippen molar-refractivity contribution in [3.63, 3.8) is 0 Å². The molecule has 0 saturated carbocycles. The maximum atomic E-state index is 12.1. The first kappa shape index (κ1) is 16.0. The third-order valence-corrected chi connectivity index (χ3v) is 3.05. The van der Waals surface area contributed by atoms with Crippen molar-refractivity contribution in [3.8, 4) is 0 Å². The normalized spacial score (nSPS) is 10.9. The molecule has 23 heavy (non-hydrogen) atoms. The minimum atomic E-state index is -0.205. The lowest BCUT2D eigenvalue weighted by atomic mass is 10.1. The summed E-state index contributed by atoms with van der Waals surface area (Å²) in [6.45, 7) is 1.79.